The van der Waals surface area contributed by atoms with E-state index in [1.807, 2.05) is 13.8 Å². The summed E-state index contributed by atoms with van der Waals surface area (Å²) in [6.45, 7) is 3.39. The molecule has 1 unspecified atom stereocenters. The molecule has 0 aliphatic heterocycles. The van der Waals surface area contributed by atoms with Gasteiger partial charge in [-0.2, -0.15) is 13.2 Å². The molecule has 0 amide bonds. The van der Waals surface area contributed by atoms with Crippen molar-refractivity contribution in [2.24, 2.45) is 5.73 Å². The van der Waals surface area contributed by atoms with Gasteiger partial charge < -0.3 is 5.73 Å². The van der Waals surface area contributed by atoms with Crippen LogP contribution >= 0.6 is 0 Å². The Morgan fingerprint density at radius 1 is 1.21 bits per heavy atom. The number of likely N-dealkylation sites (N-methyl/N-ethyl adjacent to an activating group) is 1. The summed E-state index contributed by atoms with van der Waals surface area (Å²) < 4.78 is 37.4. The van der Waals surface area contributed by atoms with E-state index in [9.17, 15) is 13.2 Å². The Morgan fingerprint density at radius 2 is 1.64 bits per heavy atom. The van der Waals surface area contributed by atoms with Crippen LogP contribution in [0.15, 0.2) is 0 Å². The summed E-state index contributed by atoms with van der Waals surface area (Å²) in [6.07, 6.45) is -2.81. The second-order valence-corrected chi connectivity index (χ2v) is 3.43. The number of halogens is 3. The zero-order valence-electron chi connectivity index (χ0n) is 8.93. The topological polar surface area (TPSA) is 29.3 Å². The molecule has 0 fully saturated rings. The predicted octanol–water partition coefficient (Wildman–Crippen LogP) is 2.00. The third-order valence-electron chi connectivity index (χ3n) is 2.61. The Morgan fingerprint density at radius 3 is 1.86 bits per heavy atom. The van der Waals surface area contributed by atoms with Crippen molar-refractivity contribution in [2.75, 3.05) is 13.6 Å². The van der Waals surface area contributed by atoms with Crippen molar-refractivity contribution in [2.45, 2.75) is 44.9 Å². The molecule has 86 valence electrons. The molecule has 5 heteroatoms. The fraction of sp³-hybridized carbons (Fsp3) is 1.00. The van der Waals surface area contributed by atoms with E-state index in [2.05, 4.69) is 0 Å². The van der Waals surface area contributed by atoms with Gasteiger partial charge in [-0.05, 0) is 19.9 Å². The summed E-state index contributed by atoms with van der Waals surface area (Å²) >= 11 is 0. The molecule has 1 atom stereocenters. The van der Waals surface area contributed by atoms with Crippen LogP contribution in [0, 0.1) is 0 Å². The van der Waals surface area contributed by atoms with E-state index in [0.29, 0.717) is 12.8 Å². The summed E-state index contributed by atoms with van der Waals surface area (Å²) in [5.41, 5.74) is 5.15. The first-order chi connectivity index (χ1) is 6.38. The highest BCUT2D eigenvalue weighted by Gasteiger charge is 2.42. The van der Waals surface area contributed by atoms with E-state index in [-0.39, 0.29) is 12.6 Å². The van der Waals surface area contributed by atoms with Crippen LogP contribution in [0.3, 0.4) is 0 Å². The van der Waals surface area contributed by atoms with Gasteiger partial charge in [0.05, 0.1) is 0 Å². The average molecular weight is 212 g/mol. The molecule has 0 saturated heterocycles. The Kier molecular flexibility index (Phi) is 5.44. The maximum Gasteiger partial charge on any atom is 0.405 e. The molecule has 0 radical (unpaired) electrons. The van der Waals surface area contributed by atoms with Gasteiger partial charge in [0, 0.05) is 12.6 Å². The van der Waals surface area contributed by atoms with Gasteiger partial charge in [-0.25, -0.2) is 0 Å². The monoisotopic (exact) mass is 212 g/mol. The number of nitrogens with zero attached hydrogens (tertiary/aromatic N) is 1. The lowest BCUT2D eigenvalue weighted by molar-refractivity contribution is -0.183. The molecule has 0 heterocycles. The van der Waals surface area contributed by atoms with Gasteiger partial charge in [0.1, 0.15) is 6.04 Å². The number of hydrogen-bond donors (Lipinski definition) is 1. The minimum absolute atomic E-state index is 0.0508. The van der Waals surface area contributed by atoms with Crippen LogP contribution < -0.4 is 5.73 Å². The van der Waals surface area contributed by atoms with Gasteiger partial charge in [0.15, 0.2) is 0 Å². The first kappa shape index (κ1) is 13.7. The summed E-state index contributed by atoms with van der Waals surface area (Å²) in [4.78, 5) is 1.33. The maximum absolute atomic E-state index is 12.5. The van der Waals surface area contributed by atoms with Crippen LogP contribution in [0.4, 0.5) is 13.2 Å². The number of rotatable bonds is 5. The Balaban J connectivity index is 4.52. The largest absolute Gasteiger partial charge is 0.405 e. The summed E-state index contributed by atoms with van der Waals surface area (Å²) in [5.74, 6) is 0. The van der Waals surface area contributed by atoms with Crippen LogP contribution in [0.25, 0.3) is 0 Å². The van der Waals surface area contributed by atoms with E-state index in [4.69, 9.17) is 5.73 Å². The first-order valence-electron chi connectivity index (χ1n) is 4.87. The summed E-state index contributed by atoms with van der Waals surface area (Å²) in [6, 6.07) is -1.57. The summed E-state index contributed by atoms with van der Waals surface area (Å²) in [7, 11) is 1.49. The highest BCUT2D eigenvalue weighted by Crippen LogP contribution is 2.25. The molecule has 0 aliphatic rings. The fourth-order valence-electron chi connectivity index (χ4n) is 1.65. The minimum atomic E-state index is -4.23. The van der Waals surface area contributed by atoms with Crippen LogP contribution in [-0.4, -0.2) is 36.8 Å². The second-order valence-electron chi connectivity index (χ2n) is 3.43. The standard InChI is InChI=1S/C9H19F3N2/c1-4-7(5-2)14(3)8(6-13)9(10,11)12/h7-8H,4-6,13H2,1-3H3. The normalized spacial score (nSPS) is 15.2. The van der Waals surface area contributed by atoms with E-state index < -0.39 is 12.2 Å². The highest BCUT2D eigenvalue weighted by atomic mass is 19.4. The van der Waals surface area contributed by atoms with Gasteiger partial charge in [-0.15, -0.1) is 0 Å². The predicted molar refractivity (Wildman–Crippen MR) is 51.0 cm³/mol. The van der Waals surface area contributed by atoms with Crippen LogP contribution in [-0.2, 0) is 0 Å². The lowest BCUT2D eigenvalue weighted by Crippen LogP contribution is -2.52. The molecular formula is C9H19F3N2. The van der Waals surface area contributed by atoms with Crippen molar-refractivity contribution in [1.82, 2.24) is 4.90 Å². The van der Waals surface area contributed by atoms with Crippen LogP contribution in [0.5, 0.6) is 0 Å². The maximum atomic E-state index is 12.5. The third kappa shape index (κ3) is 3.46. The van der Waals surface area contributed by atoms with Crippen molar-refractivity contribution < 1.29 is 13.2 Å². The molecule has 2 nitrogen and oxygen atoms in total. The molecule has 0 aromatic rings. The molecule has 0 aliphatic carbocycles. The molecule has 0 spiro atoms. The van der Waals surface area contributed by atoms with Gasteiger partial charge in [0.25, 0.3) is 0 Å². The molecule has 0 aromatic heterocycles. The lowest BCUT2D eigenvalue weighted by atomic mass is 10.1. The molecule has 14 heavy (non-hydrogen) atoms. The zero-order valence-corrected chi connectivity index (χ0v) is 8.93. The highest BCUT2D eigenvalue weighted by molar-refractivity contribution is 4.81. The van der Waals surface area contributed by atoms with Gasteiger partial charge in [-0.1, -0.05) is 13.8 Å². The lowest BCUT2D eigenvalue weighted by Gasteiger charge is -2.34. The Labute approximate surface area is 83.3 Å². The zero-order chi connectivity index (χ0) is 11.4. The Hall–Kier alpha value is -0.290. The summed E-state index contributed by atoms with van der Waals surface area (Å²) in [5, 5.41) is 0. The third-order valence-corrected chi connectivity index (χ3v) is 2.61. The number of hydrogen-bond acceptors (Lipinski definition) is 2. The van der Waals surface area contributed by atoms with Crippen molar-refractivity contribution in [1.29, 1.82) is 0 Å². The first-order valence-corrected chi connectivity index (χ1v) is 4.87. The van der Waals surface area contributed by atoms with Crippen molar-refractivity contribution in [3.8, 4) is 0 Å². The van der Waals surface area contributed by atoms with E-state index in [0.717, 1.165) is 0 Å². The van der Waals surface area contributed by atoms with E-state index in [1.165, 1.54) is 11.9 Å². The fourth-order valence-corrected chi connectivity index (χ4v) is 1.65. The average Bonchev–Trinajstić information content (AvgIpc) is 2.05. The van der Waals surface area contributed by atoms with Gasteiger partial charge in [-0.3, -0.25) is 4.90 Å². The minimum Gasteiger partial charge on any atom is -0.329 e. The molecule has 0 aromatic carbocycles. The molecule has 2 N–H and O–H groups in total. The molecule has 0 rings (SSSR count). The van der Waals surface area contributed by atoms with Gasteiger partial charge >= 0.3 is 6.18 Å². The molecule has 0 bridgehead atoms. The van der Waals surface area contributed by atoms with Crippen LogP contribution in [0.1, 0.15) is 26.7 Å². The molecular weight excluding hydrogens is 193 g/mol. The van der Waals surface area contributed by atoms with Gasteiger partial charge in [0.2, 0.25) is 0 Å². The SMILES string of the molecule is CCC(CC)N(C)C(CN)C(F)(F)F. The van der Waals surface area contributed by atoms with Crippen LogP contribution in [0.2, 0.25) is 0 Å². The number of nitrogens with two attached hydrogens (primary N) is 1. The molecule has 0 saturated carbocycles. The quantitative estimate of drug-likeness (QED) is 0.755. The van der Waals surface area contributed by atoms with Crippen molar-refractivity contribution >= 4 is 0 Å². The van der Waals surface area contributed by atoms with E-state index in [1.54, 1.807) is 0 Å². The second kappa shape index (κ2) is 5.56. The van der Waals surface area contributed by atoms with E-state index >= 15 is 0 Å². The Bertz CT molecular complexity index is 155. The smallest absolute Gasteiger partial charge is 0.329 e. The number of alkyl halides is 3. The van der Waals surface area contributed by atoms with Crippen molar-refractivity contribution in [3.63, 3.8) is 0 Å². The van der Waals surface area contributed by atoms with Crippen molar-refractivity contribution in [3.05, 3.63) is 0 Å².